The Morgan fingerprint density at radius 3 is 2.50 bits per heavy atom. The molecular formula is C10H12N2O4. The molecule has 1 aromatic rings. The Morgan fingerprint density at radius 1 is 1.38 bits per heavy atom. The van der Waals surface area contributed by atoms with Crippen LogP contribution in [0.3, 0.4) is 0 Å². The Balaban J connectivity index is 3.06. The number of methoxy groups -OCH3 is 1. The third kappa shape index (κ3) is 2.69. The van der Waals surface area contributed by atoms with E-state index in [-0.39, 0.29) is 4.86 Å². The van der Waals surface area contributed by atoms with Gasteiger partial charge in [0.2, 0.25) is 5.28 Å². The van der Waals surface area contributed by atoms with Crippen LogP contribution in [0.25, 0.3) is 0 Å². The number of carbonyl (C=O) groups excluding carboxylic acids is 1. The van der Waals surface area contributed by atoms with Crippen LogP contribution in [0.1, 0.15) is 11.6 Å². The van der Waals surface area contributed by atoms with Crippen LogP contribution in [0.5, 0.6) is 0 Å². The van der Waals surface area contributed by atoms with Crippen molar-refractivity contribution < 1.29 is 19.2 Å². The van der Waals surface area contributed by atoms with Crippen LogP contribution in [0.2, 0.25) is 0 Å². The van der Waals surface area contributed by atoms with Gasteiger partial charge in [-0.3, -0.25) is 0 Å². The molecule has 1 rings (SSSR count). The lowest BCUT2D eigenvalue weighted by Crippen LogP contribution is -2.23. The average molecular weight is 224 g/mol. The van der Waals surface area contributed by atoms with E-state index in [2.05, 4.69) is 14.9 Å². The van der Waals surface area contributed by atoms with Crippen LogP contribution < -0.4 is 0 Å². The molecule has 0 saturated heterocycles. The third-order valence-electron chi connectivity index (χ3n) is 1.92. The van der Waals surface area contributed by atoms with Crippen molar-refractivity contribution >= 4 is 5.97 Å². The average Bonchev–Trinajstić information content (AvgIpc) is 2.31. The zero-order chi connectivity index (χ0) is 12.0. The monoisotopic (exact) mass is 224 g/mol. The van der Waals surface area contributed by atoms with Crippen molar-refractivity contribution in [3.8, 4) is 0 Å². The molecule has 0 bridgehead atoms. The van der Waals surface area contributed by atoms with Crippen molar-refractivity contribution in [1.82, 2.24) is 0 Å². The molecule has 1 unspecified atom stereocenters. The summed E-state index contributed by atoms with van der Waals surface area (Å²) in [5.74, 6) is -0.693. The highest BCUT2D eigenvalue weighted by molar-refractivity contribution is 5.75. The van der Waals surface area contributed by atoms with Gasteiger partial charge in [-0.15, -0.1) is 0 Å². The summed E-state index contributed by atoms with van der Waals surface area (Å²) in [6, 6.07) is 7.33. The SMILES string of the molecule is CO/N=[N+](\[O-])C(C(=O)OC)c1ccccc1. The first-order valence-electron chi connectivity index (χ1n) is 4.54. The Morgan fingerprint density at radius 2 is 2.00 bits per heavy atom. The summed E-state index contributed by atoms with van der Waals surface area (Å²) in [6.45, 7) is 0. The third-order valence-corrected chi connectivity index (χ3v) is 1.92. The molecule has 0 fully saturated rings. The normalized spacial score (nSPS) is 13.0. The van der Waals surface area contributed by atoms with Gasteiger partial charge in [0.15, 0.2) is 0 Å². The van der Waals surface area contributed by atoms with E-state index in [1.165, 1.54) is 14.2 Å². The number of rotatable bonds is 4. The van der Waals surface area contributed by atoms with Crippen molar-refractivity contribution in [1.29, 1.82) is 0 Å². The first-order chi connectivity index (χ1) is 7.70. The van der Waals surface area contributed by atoms with E-state index in [9.17, 15) is 10.0 Å². The van der Waals surface area contributed by atoms with Crippen molar-refractivity contribution in [2.75, 3.05) is 14.2 Å². The maximum absolute atomic E-state index is 11.5. The van der Waals surface area contributed by atoms with Gasteiger partial charge in [-0.2, -0.15) is 0 Å². The number of nitrogens with zero attached hydrogens (tertiary/aromatic N) is 2. The van der Waals surface area contributed by atoms with E-state index in [0.29, 0.717) is 5.56 Å². The lowest BCUT2D eigenvalue weighted by molar-refractivity contribution is -0.587. The zero-order valence-corrected chi connectivity index (χ0v) is 8.99. The van der Waals surface area contributed by atoms with E-state index in [1.54, 1.807) is 30.3 Å². The number of ether oxygens (including phenoxy) is 1. The molecule has 6 nitrogen and oxygen atoms in total. The molecule has 0 saturated carbocycles. The van der Waals surface area contributed by atoms with Gasteiger partial charge < -0.3 is 14.8 Å². The fourth-order valence-electron chi connectivity index (χ4n) is 1.23. The van der Waals surface area contributed by atoms with Crippen LogP contribution in [0.15, 0.2) is 35.6 Å². The smallest absolute Gasteiger partial charge is 0.384 e. The molecule has 16 heavy (non-hydrogen) atoms. The van der Waals surface area contributed by atoms with Gasteiger partial charge in [0.1, 0.15) is 7.11 Å². The molecule has 0 amide bonds. The number of esters is 1. The van der Waals surface area contributed by atoms with Crippen molar-refractivity contribution in [2.24, 2.45) is 5.28 Å². The molecule has 0 heterocycles. The molecule has 0 radical (unpaired) electrons. The maximum Gasteiger partial charge on any atom is 0.384 e. The molecule has 0 aromatic heterocycles. The molecule has 0 aliphatic heterocycles. The van der Waals surface area contributed by atoms with Gasteiger partial charge in [-0.05, 0) is 4.86 Å². The van der Waals surface area contributed by atoms with Crippen LogP contribution in [-0.2, 0) is 14.4 Å². The summed E-state index contributed by atoms with van der Waals surface area (Å²) in [5, 5.41) is 14.6. The molecule has 0 spiro atoms. The molecule has 0 N–H and O–H groups in total. The summed E-state index contributed by atoms with van der Waals surface area (Å²) in [5.41, 5.74) is 0.491. The Labute approximate surface area is 92.6 Å². The summed E-state index contributed by atoms with van der Waals surface area (Å²) in [6.07, 6.45) is 0. The van der Waals surface area contributed by atoms with Gasteiger partial charge in [-0.1, -0.05) is 30.3 Å². The molecule has 86 valence electrons. The topological polar surface area (TPSA) is 74.0 Å². The standard InChI is InChI=1S/C10H12N2O4/c1-15-10(13)9(12(14)11-16-2)8-6-4-3-5-7-8/h3-7,9H,1-2H3/b12-11-. The van der Waals surface area contributed by atoms with Gasteiger partial charge in [-0.25, -0.2) is 4.79 Å². The summed E-state index contributed by atoms with van der Waals surface area (Å²) in [7, 11) is 2.43. The van der Waals surface area contributed by atoms with Gasteiger partial charge in [0.05, 0.1) is 7.11 Å². The van der Waals surface area contributed by atoms with Gasteiger partial charge in [0, 0.05) is 5.56 Å². The van der Waals surface area contributed by atoms with Gasteiger partial charge in [0.25, 0.3) is 0 Å². The number of benzene rings is 1. The minimum atomic E-state index is -1.15. The van der Waals surface area contributed by atoms with Crippen LogP contribution >= 0.6 is 0 Å². The second-order valence-corrected chi connectivity index (χ2v) is 2.90. The molecular weight excluding hydrogens is 212 g/mol. The van der Waals surface area contributed by atoms with E-state index >= 15 is 0 Å². The Hall–Kier alpha value is -2.11. The summed E-state index contributed by atoms with van der Waals surface area (Å²) < 4.78 is 4.54. The maximum atomic E-state index is 11.5. The molecule has 6 heteroatoms. The fraction of sp³-hybridized carbons (Fsp3) is 0.300. The highest BCUT2D eigenvalue weighted by atomic mass is 16.7. The summed E-state index contributed by atoms with van der Waals surface area (Å²) in [4.78, 5) is 15.9. The van der Waals surface area contributed by atoms with Crippen LogP contribution in [0.4, 0.5) is 0 Å². The van der Waals surface area contributed by atoms with E-state index in [4.69, 9.17) is 0 Å². The highest BCUT2D eigenvalue weighted by Gasteiger charge is 2.31. The second kappa shape index (κ2) is 5.69. The number of hydroxylamine groups is 1. The van der Waals surface area contributed by atoms with Crippen LogP contribution in [0, 0.1) is 5.21 Å². The second-order valence-electron chi connectivity index (χ2n) is 2.90. The van der Waals surface area contributed by atoms with Crippen molar-refractivity contribution in [2.45, 2.75) is 6.04 Å². The van der Waals surface area contributed by atoms with E-state index in [1.807, 2.05) is 0 Å². The number of hydrogen-bond acceptors (Lipinski definition) is 5. The molecule has 1 aromatic carbocycles. The lowest BCUT2D eigenvalue weighted by Gasteiger charge is -2.11. The first kappa shape index (κ1) is 12.0. The highest BCUT2D eigenvalue weighted by Crippen LogP contribution is 2.18. The number of hydrogen-bond donors (Lipinski definition) is 0. The van der Waals surface area contributed by atoms with E-state index < -0.39 is 12.0 Å². The van der Waals surface area contributed by atoms with E-state index in [0.717, 1.165) is 0 Å². The predicted octanol–water partition coefficient (Wildman–Crippen LogP) is 1.42. The predicted molar refractivity (Wildman–Crippen MR) is 54.3 cm³/mol. The molecule has 0 aliphatic carbocycles. The molecule has 0 aliphatic rings. The van der Waals surface area contributed by atoms with Crippen LogP contribution in [-0.4, -0.2) is 25.0 Å². The van der Waals surface area contributed by atoms with Crippen molar-refractivity contribution in [3.05, 3.63) is 41.1 Å². The largest absolute Gasteiger partial charge is 0.596 e. The van der Waals surface area contributed by atoms with Gasteiger partial charge >= 0.3 is 12.0 Å². The number of carbonyl (C=O) groups is 1. The lowest BCUT2D eigenvalue weighted by atomic mass is 10.1. The first-order valence-corrected chi connectivity index (χ1v) is 4.54. The zero-order valence-electron chi connectivity index (χ0n) is 8.99. The van der Waals surface area contributed by atoms with Crippen molar-refractivity contribution in [3.63, 3.8) is 0 Å². The quantitative estimate of drug-likeness (QED) is 0.335. The fourth-order valence-corrected chi connectivity index (χ4v) is 1.23. The Kier molecular flexibility index (Phi) is 4.26. The minimum absolute atomic E-state index is 0.168. The Bertz CT molecular complexity index is 378. The molecule has 1 atom stereocenters. The minimum Gasteiger partial charge on any atom is -0.596 e. The summed E-state index contributed by atoms with van der Waals surface area (Å²) >= 11 is 0.